The molecule has 1 aromatic carbocycles. The Hall–Kier alpha value is -2.77. The van der Waals surface area contributed by atoms with E-state index in [9.17, 15) is 13.6 Å². The van der Waals surface area contributed by atoms with Crippen molar-refractivity contribution < 1.29 is 18.3 Å². The van der Waals surface area contributed by atoms with Crippen LogP contribution < -0.4 is 15.4 Å². The Bertz CT molecular complexity index is 733. The van der Waals surface area contributed by atoms with Crippen molar-refractivity contribution >= 4 is 17.4 Å². The Morgan fingerprint density at radius 3 is 2.52 bits per heavy atom. The molecule has 2 aromatic rings. The zero-order valence-electron chi connectivity index (χ0n) is 14.3. The summed E-state index contributed by atoms with van der Waals surface area (Å²) < 4.78 is 31.6. The van der Waals surface area contributed by atoms with Crippen molar-refractivity contribution in [2.45, 2.75) is 20.3 Å². The van der Waals surface area contributed by atoms with Crippen molar-refractivity contribution in [3.8, 4) is 5.88 Å². The van der Waals surface area contributed by atoms with Crippen LogP contribution in [0, 0.1) is 17.6 Å². The average Bonchev–Trinajstić information content (AvgIpc) is 2.53. The van der Waals surface area contributed by atoms with Gasteiger partial charge in [-0.15, -0.1) is 0 Å². The van der Waals surface area contributed by atoms with E-state index in [-0.39, 0.29) is 23.1 Å². The van der Waals surface area contributed by atoms with Crippen LogP contribution in [-0.2, 0) is 0 Å². The van der Waals surface area contributed by atoms with Gasteiger partial charge in [-0.05, 0) is 24.5 Å². The second-order valence-electron chi connectivity index (χ2n) is 5.83. The second kappa shape index (κ2) is 8.36. The fourth-order valence-corrected chi connectivity index (χ4v) is 2.07. The molecule has 1 aromatic heterocycles. The van der Waals surface area contributed by atoms with Gasteiger partial charge in [0.2, 0.25) is 5.88 Å². The zero-order chi connectivity index (χ0) is 18.4. The van der Waals surface area contributed by atoms with Crippen LogP contribution in [0.25, 0.3) is 0 Å². The summed E-state index contributed by atoms with van der Waals surface area (Å²) in [5, 5.41) is 5.46. The van der Waals surface area contributed by atoms with E-state index < -0.39 is 17.5 Å². The van der Waals surface area contributed by atoms with Crippen LogP contribution in [0.1, 0.15) is 30.8 Å². The normalized spacial score (nSPS) is 10.6. The number of benzene rings is 1. The number of amides is 1. The van der Waals surface area contributed by atoms with Gasteiger partial charge in [-0.25, -0.2) is 18.7 Å². The molecule has 0 aliphatic heterocycles. The molecule has 0 radical (unpaired) electrons. The third-order valence-corrected chi connectivity index (χ3v) is 3.29. The largest absolute Gasteiger partial charge is 0.479 e. The molecule has 2 rings (SSSR count). The molecular formula is C17H20F2N4O2. The minimum absolute atomic E-state index is 0.00636. The van der Waals surface area contributed by atoms with Crippen molar-refractivity contribution in [1.82, 2.24) is 15.3 Å². The molecule has 25 heavy (non-hydrogen) atoms. The van der Waals surface area contributed by atoms with E-state index >= 15 is 0 Å². The lowest BCUT2D eigenvalue weighted by Crippen LogP contribution is -2.27. The van der Waals surface area contributed by atoms with E-state index in [2.05, 4.69) is 34.4 Å². The lowest BCUT2D eigenvalue weighted by molar-refractivity contribution is 0.0943. The van der Waals surface area contributed by atoms with Gasteiger partial charge < -0.3 is 15.4 Å². The molecule has 0 bridgehead atoms. The first kappa shape index (κ1) is 18.6. The molecular weight excluding hydrogens is 330 g/mol. The summed E-state index contributed by atoms with van der Waals surface area (Å²) in [6.07, 6.45) is 2.13. The lowest BCUT2D eigenvalue weighted by atomic mass is 10.1. The van der Waals surface area contributed by atoms with E-state index in [1.165, 1.54) is 13.3 Å². The number of carbonyl (C=O) groups is 1. The highest BCUT2D eigenvalue weighted by Crippen LogP contribution is 2.20. The topological polar surface area (TPSA) is 76.1 Å². The first-order chi connectivity index (χ1) is 11.9. The van der Waals surface area contributed by atoms with Crippen LogP contribution in [0.4, 0.5) is 20.3 Å². The lowest BCUT2D eigenvalue weighted by Gasteiger charge is -2.11. The quantitative estimate of drug-likeness (QED) is 0.801. The number of hydrogen-bond donors (Lipinski definition) is 2. The molecule has 8 heteroatoms. The number of methoxy groups -OCH3 is 1. The summed E-state index contributed by atoms with van der Waals surface area (Å²) in [5.41, 5.74) is 0.149. The molecule has 0 aliphatic rings. The van der Waals surface area contributed by atoms with Crippen molar-refractivity contribution in [2.75, 3.05) is 19.0 Å². The highest BCUT2D eigenvalue weighted by atomic mass is 19.1. The zero-order valence-corrected chi connectivity index (χ0v) is 14.3. The standard InChI is InChI=1S/C17H20F2N4O2/c1-10(2)4-5-20-16(24)15-17(25-3)21-9-14(23-15)22-13-7-11(18)6-12(19)8-13/h6-10H,4-5H2,1-3H3,(H,20,24)(H,22,23). The van der Waals surface area contributed by atoms with Crippen LogP contribution in [0.3, 0.4) is 0 Å². The number of rotatable bonds is 7. The van der Waals surface area contributed by atoms with Gasteiger partial charge in [0.25, 0.3) is 5.91 Å². The van der Waals surface area contributed by atoms with Crippen molar-refractivity contribution in [2.24, 2.45) is 5.92 Å². The molecule has 2 N–H and O–H groups in total. The van der Waals surface area contributed by atoms with Crippen molar-refractivity contribution in [1.29, 1.82) is 0 Å². The Balaban J connectivity index is 2.19. The molecule has 134 valence electrons. The monoisotopic (exact) mass is 350 g/mol. The summed E-state index contributed by atoms with van der Waals surface area (Å²) in [4.78, 5) is 20.4. The maximum absolute atomic E-state index is 13.3. The Kier molecular flexibility index (Phi) is 6.21. The molecule has 0 unspecified atom stereocenters. The molecule has 1 heterocycles. The molecule has 0 spiro atoms. The van der Waals surface area contributed by atoms with Crippen molar-refractivity contribution in [3.05, 3.63) is 41.7 Å². The second-order valence-corrected chi connectivity index (χ2v) is 5.83. The average molecular weight is 350 g/mol. The fourth-order valence-electron chi connectivity index (χ4n) is 2.07. The molecule has 0 saturated heterocycles. The number of halogens is 2. The molecule has 6 nitrogen and oxygen atoms in total. The smallest absolute Gasteiger partial charge is 0.275 e. The number of carbonyl (C=O) groups excluding carboxylic acids is 1. The maximum Gasteiger partial charge on any atom is 0.275 e. The number of nitrogens with one attached hydrogen (secondary N) is 2. The SMILES string of the molecule is COc1ncc(Nc2cc(F)cc(F)c2)nc1C(=O)NCCC(C)C. The van der Waals surface area contributed by atoms with E-state index in [0.717, 1.165) is 24.6 Å². The van der Waals surface area contributed by atoms with E-state index in [1.54, 1.807) is 0 Å². The molecule has 0 saturated carbocycles. The Labute approximate surface area is 144 Å². The van der Waals surface area contributed by atoms with Gasteiger partial charge in [-0.1, -0.05) is 13.8 Å². The Morgan fingerprint density at radius 1 is 1.24 bits per heavy atom. The van der Waals surface area contributed by atoms with Gasteiger partial charge in [0.1, 0.15) is 17.5 Å². The van der Waals surface area contributed by atoms with E-state index in [4.69, 9.17) is 4.74 Å². The fraction of sp³-hybridized carbons (Fsp3) is 0.353. The summed E-state index contributed by atoms with van der Waals surface area (Å²) >= 11 is 0. The van der Waals surface area contributed by atoms with Gasteiger partial charge in [-0.3, -0.25) is 4.79 Å². The van der Waals surface area contributed by atoms with Crippen LogP contribution in [0.2, 0.25) is 0 Å². The minimum Gasteiger partial charge on any atom is -0.479 e. The van der Waals surface area contributed by atoms with Crippen molar-refractivity contribution in [3.63, 3.8) is 0 Å². The first-order valence-corrected chi connectivity index (χ1v) is 7.81. The van der Waals surface area contributed by atoms with Crippen LogP contribution >= 0.6 is 0 Å². The molecule has 0 atom stereocenters. The number of ether oxygens (including phenoxy) is 1. The highest BCUT2D eigenvalue weighted by Gasteiger charge is 2.17. The number of hydrogen-bond acceptors (Lipinski definition) is 5. The molecule has 1 amide bonds. The van der Waals surface area contributed by atoms with Gasteiger partial charge in [0.15, 0.2) is 5.69 Å². The number of aromatic nitrogens is 2. The summed E-state index contributed by atoms with van der Waals surface area (Å²) in [6, 6.07) is 2.98. The number of nitrogens with zero attached hydrogens (tertiary/aromatic N) is 2. The van der Waals surface area contributed by atoms with E-state index in [1.807, 2.05) is 0 Å². The van der Waals surface area contributed by atoms with Crippen LogP contribution in [0.15, 0.2) is 24.4 Å². The third-order valence-electron chi connectivity index (χ3n) is 3.29. The summed E-state index contributed by atoms with van der Waals surface area (Å²) in [6.45, 7) is 4.60. The van der Waals surface area contributed by atoms with Gasteiger partial charge in [0.05, 0.1) is 13.3 Å². The highest BCUT2D eigenvalue weighted by molar-refractivity contribution is 5.94. The molecule has 0 aliphatic carbocycles. The van der Waals surface area contributed by atoms with Gasteiger partial charge in [0, 0.05) is 18.3 Å². The predicted molar refractivity (Wildman–Crippen MR) is 90.0 cm³/mol. The van der Waals surface area contributed by atoms with Crippen LogP contribution in [-0.4, -0.2) is 29.5 Å². The van der Waals surface area contributed by atoms with E-state index in [0.29, 0.717) is 12.5 Å². The summed E-state index contributed by atoms with van der Waals surface area (Å²) in [7, 11) is 1.38. The van der Waals surface area contributed by atoms with Gasteiger partial charge >= 0.3 is 0 Å². The minimum atomic E-state index is -0.726. The maximum atomic E-state index is 13.3. The predicted octanol–water partition coefficient (Wildman–Crippen LogP) is 3.28. The molecule has 0 fully saturated rings. The first-order valence-electron chi connectivity index (χ1n) is 7.81. The Morgan fingerprint density at radius 2 is 1.92 bits per heavy atom. The number of anilines is 2. The third kappa shape index (κ3) is 5.37. The summed E-state index contributed by atoms with van der Waals surface area (Å²) in [5.74, 6) is -1.20. The van der Waals surface area contributed by atoms with Gasteiger partial charge in [-0.2, -0.15) is 0 Å². The van der Waals surface area contributed by atoms with Crippen LogP contribution in [0.5, 0.6) is 5.88 Å².